The molecule has 4 saturated carbocycles. The average Bonchev–Trinajstić information content (AvgIpc) is 3.09. The number of allylic oxidation sites excluding steroid dienone is 1. The molecule has 0 aliphatic heterocycles. The van der Waals surface area contributed by atoms with Crippen molar-refractivity contribution in [3.8, 4) is 5.88 Å². The molecule has 0 saturated heterocycles. The summed E-state index contributed by atoms with van der Waals surface area (Å²) in [6.45, 7) is 6.34. The summed E-state index contributed by atoms with van der Waals surface area (Å²) >= 11 is 0. The van der Waals surface area contributed by atoms with E-state index in [1.807, 2.05) is 13.8 Å². The van der Waals surface area contributed by atoms with Crippen LogP contribution in [0.3, 0.4) is 0 Å². The fourth-order valence-electron chi connectivity index (χ4n) is 5.76. The molecule has 5 rings (SSSR count). The molecule has 7 nitrogen and oxygen atoms in total. The average molecular weight is 416 g/mol. The van der Waals surface area contributed by atoms with Crippen LogP contribution in [-0.2, 0) is 11.3 Å². The van der Waals surface area contributed by atoms with E-state index >= 15 is 0 Å². The number of nitrogens with one attached hydrogen (secondary N) is 1. The van der Waals surface area contributed by atoms with Crippen LogP contribution in [0.2, 0.25) is 0 Å². The molecule has 4 aliphatic rings. The van der Waals surface area contributed by atoms with Gasteiger partial charge in [-0.15, -0.1) is 0 Å². The fourth-order valence-corrected chi connectivity index (χ4v) is 5.76. The van der Waals surface area contributed by atoms with E-state index in [2.05, 4.69) is 10.4 Å². The van der Waals surface area contributed by atoms with Crippen molar-refractivity contribution in [3.63, 3.8) is 0 Å². The summed E-state index contributed by atoms with van der Waals surface area (Å²) in [5.74, 6) is 2.53. The van der Waals surface area contributed by atoms with Crippen molar-refractivity contribution in [2.45, 2.75) is 65.5 Å². The Hall–Kier alpha value is -2.31. The lowest BCUT2D eigenvalue weighted by molar-refractivity contribution is -0.132. The number of carboxylic acids is 1. The number of aliphatic carboxylic acids is 1. The topological polar surface area (TPSA) is 93.5 Å². The molecule has 1 aromatic heterocycles. The minimum Gasteiger partial charge on any atom is -0.478 e. The zero-order chi connectivity index (χ0) is 21.4. The van der Waals surface area contributed by atoms with Crippen molar-refractivity contribution in [1.82, 2.24) is 15.1 Å². The molecule has 4 fully saturated rings. The molecule has 0 unspecified atom stereocenters. The molecule has 2 N–H and O–H groups in total. The van der Waals surface area contributed by atoms with Crippen LogP contribution in [0.1, 0.15) is 63.2 Å². The van der Waals surface area contributed by atoms with Crippen LogP contribution in [0.5, 0.6) is 5.88 Å². The van der Waals surface area contributed by atoms with Gasteiger partial charge in [0, 0.05) is 11.6 Å². The van der Waals surface area contributed by atoms with Gasteiger partial charge >= 0.3 is 5.97 Å². The second-order valence-corrected chi connectivity index (χ2v) is 9.87. The van der Waals surface area contributed by atoms with E-state index in [1.54, 1.807) is 23.9 Å². The van der Waals surface area contributed by atoms with Crippen LogP contribution in [0, 0.1) is 29.6 Å². The normalized spacial score (nSPS) is 30.0. The Balaban J connectivity index is 1.51. The molecule has 1 amide bonds. The lowest BCUT2D eigenvalue weighted by Gasteiger charge is -2.54. The minimum atomic E-state index is -0.966. The van der Waals surface area contributed by atoms with Gasteiger partial charge in [-0.3, -0.25) is 4.79 Å². The highest BCUT2D eigenvalue weighted by Gasteiger charge is 2.48. The van der Waals surface area contributed by atoms with Gasteiger partial charge in [-0.05, 0) is 68.6 Å². The van der Waals surface area contributed by atoms with Crippen molar-refractivity contribution >= 4 is 11.9 Å². The maximum absolute atomic E-state index is 13.2. The Morgan fingerprint density at radius 2 is 1.87 bits per heavy atom. The number of aromatic nitrogens is 2. The van der Waals surface area contributed by atoms with Gasteiger partial charge in [0.05, 0.1) is 19.3 Å². The van der Waals surface area contributed by atoms with E-state index in [0.717, 1.165) is 11.8 Å². The van der Waals surface area contributed by atoms with Gasteiger partial charge in [0.15, 0.2) is 0 Å². The number of ether oxygens (including phenoxy) is 1. The van der Waals surface area contributed by atoms with Crippen LogP contribution < -0.4 is 10.1 Å². The number of hydrogen-bond donors (Lipinski definition) is 2. The van der Waals surface area contributed by atoms with Crippen LogP contribution >= 0.6 is 0 Å². The fraction of sp³-hybridized carbons (Fsp3) is 0.696. The summed E-state index contributed by atoms with van der Waals surface area (Å²) in [6, 6.07) is 0.251. The van der Waals surface area contributed by atoms with Gasteiger partial charge in [-0.2, -0.15) is 5.10 Å². The quantitative estimate of drug-likeness (QED) is 0.634. The molecule has 4 bridgehead atoms. The molecular formula is C23H33N3O4. The smallest absolute Gasteiger partial charge is 0.331 e. The first kappa shape index (κ1) is 20.9. The molecule has 0 atom stereocenters. The summed E-state index contributed by atoms with van der Waals surface area (Å²) in [4.78, 5) is 24.3. The monoisotopic (exact) mass is 415 g/mol. The summed E-state index contributed by atoms with van der Waals surface area (Å²) in [6.07, 6.45) is 9.49. The Labute approximate surface area is 177 Å². The Morgan fingerprint density at radius 3 is 2.43 bits per heavy atom. The van der Waals surface area contributed by atoms with Crippen LogP contribution in [-0.4, -0.2) is 39.4 Å². The first-order valence-electron chi connectivity index (χ1n) is 11.2. The second kappa shape index (κ2) is 8.44. The third kappa shape index (κ3) is 4.25. The van der Waals surface area contributed by atoms with Crippen molar-refractivity contribution in [2.75, 3.05) is 6.61 Å². The third-order valence-corrected chi connectivity index (χ3v) is 7.02. The van der Waals surface area contributed by atoms with Crippen LogP contribution in [0.4, 0.5) is 0 Å². The SMILES string of the molecule is C/C(=C\Cn1ncc(C(=O)NC2C3CC4CC(C3)CC2C4)c1OCC(C)C)C(=O)O. The van der Waals surface area contributed by atoms with Gasteiger partial charge in [0.25, 0.3) is 5.91 Å². The van der Waals surface area contributed by atoms with Crippen LogP contribution in [0.25, 0.3) is 0 Å². The zero-order valence-electron chi connectivity index (χ0n) is 18.1. The van der Waals surface area contributed by atoms with Crippen molar-refractivity contribution in [2.24, 2.45) is 29.6 Å². The van der Waals surface area contributed by atoms with Gasteiger partial charge in [-0.1, -0.05) is 19.9 Å². The summed E-state index contributed by atoms with van der Waals surface area (Å²) in [7, 11) is 0. The van der Waals surface area contributed by atoms with Crippen molar-refractivity contribution in [1.29, 1.82) is 0 Å². The summed E-state index contributed by atoms with van der Waals surface area (Å²) in [5.41, 5.74) is 0.672. The molecule has 1 aromatic rings. The minimum absolute atomic E-state index is 0.128. The summed E-state index contributed by atoms with van der Waals surface area (Å²) < 4.78 is 7.52. The number of carbonyl (C=O) groups excluding carboxylic acids is 1. The van der Waals surface area contributed by atoms with E-state index in [1.165, 1.54) is 32.1 Å². The highest BCUT2D eigenvalue weighted by atomic mass is 16.5. The Bertz CT molecular complexity index is 814. The number of rotatable bonds is 8. The van der Waals surface area contributed by atoms with E-state index in [4.69, 9.17) is 9.84 Å². The molecular weight excluding hydrogens is 382 g/mol. The van der Waals surface area contributed by atoms with E-state index < -0.39 is 5.97 Å². The third-order valence-electron chi connectivity index (χ3n) is 7.02. The van der Waals surface area contributed by atoms with Gasteiger partial charge < -0.3 is 15.2 Å². The van der Waals surface area contributed by atoms with Crippen molar-refractivity contribution < 1.29 is 19.4 Å². The largest absolute Gasteiger partial charge is 0.478 e. The predicted molar refractivity (Wildman–Crippen MR) is 112 cm³/mol. The van der Waals surface area contributed by atoms with E-state index in [9.17, 15) is 9.59 Å². The van der Waals surface area contributed by atoms with Gasteiger partial charge in [0.2, 0.25) is 5.88 Å². The maximum atomic E-state index is 13.2. The number of amides is 1. The standard InChI is InChI=1S/C23H33N3O4/c1-13(2)12-30-22-19(11-24-26(22)5-4-14(3)23(28)29)21(27)25-20-17-7-15-6-16(9-17)10-18(20)8-15/h4,11,13,15-18,20H,5-10,12H2,1-3H3,(H,25,27)(H,28,29)/b14-4+. The maximum Gasteiger partial charge on any atom is 0.331 e. The summed E-state index contributed by atoms with van der Waals surface area (Å²) in [5, 5.41) is 16.7. The number of nitrogens with zero attached hydrogens (tertiary/aromatic N) is 2. The zero-order valence-corrected chi connectivity index (χ0v) is 18.1. The molecule has 30 heavy (non-hydrogen) atoms. The Kier molecular flexibility index (Phi) is 5.89. The van der Waals surface area contributed by atoms with E-state index in [0.29, 0.717) is 35.8 Å². The predicted octanol–water partition coefficient (Wildman–Crippen LogP) is 3.50. The molecule has 0 radical (unpaired) electrons. The van der Waals surface area contributed by atoms with Crippen molar-refractivity contribution in [3.05, 3.63) is 23.4 Å². The number of hydrogen-bond acceptors (Lipinski definition) is 4. The van der Waals surface area contributed by atoms with Gasteiger partial charge in [0.1, 0.15) is 5.56 Å². The molecule has 0 aromatic carbocycles. The van der Waals surface area contributed by atoms with Gasteiger partial charge in [-0.25, -0.2) is 9.48 Å². The highest BCUT2D eigenvalue weighted by molar-refractivity contribution is 5.96. The Morgan fingerprint density at radius 1 is 1.23 bits per heavy atom. The van der Waals surface area contributed by atoms with E-state index in [-0.39, 0.29) is 24.1 Å². The molecule has 1 heterocycles. The van der Waals surface area contributed by atoms with Crippen LogP contribution in [0.15, 0.2) is 17.8 Å². The first-order chi connectivity index (χ1) is 14.3. The first-order valence-corrected chi connectivity index (χ1v) is 11.2. The lowest BCUT2D eigenvalue weighted by Crippen LogP contribution is -2.55. The molecule has 0 spiro atoms. The second-order valence-electron chi connectivity index (χ2n) is 9.87. The highest BCUT2D eigenvalue weighted by Crippen LogP contribution is 2.53. The number of carbonyl (C=O) groups is 2. The molecule has 164 valence electrons. The molecule has 4 aliphatic carbocycles. The number of carboxylic acid groups (broad SMARTS) is 1. The lowest BCUT2D eigenvalue weighted by atomic mass is 9.54. The molecule has 7 heteroatoms.